The molecule has 0 amide bonds. The van der Waals surface area contributed by atoms with Crippen LogP contribution in [0.25, 0.3) is 0 Å². The Bertz CT molecular complexity index is 287. The van der Waals surface area contributed by atoms with E-state index in [1.54, 1.807) is 0 Å². The Morgan fingerprint density at radius 2 is 1.89 bits per heavy atom. The van der Waals surface area contributed by atoms with Gasteiger partial charge >= 0.3 is 0 Å². The lowest BCUT2D eigenvalue weighted by molar-refractivity contribution is -0.896. The molecule has 7 heteroatoms. The predicted octanol–water partition coefficient (Wildman–Crippen LogP) is 0.763. The van der Waals surface area contributed by atoms with E-state index in [-0.39, 0.29) is 19.3 Å². The number of quaternary nitrogens is 1. The molecule has 108 valence electrons. The highest BCUT2D eigenvalue weighted by Gasteiger charge is 2.29. The summed E-state index contributed by atoms with van der Waals surface area (Å²) >= 11 is 0. The zero-order valence-electron chi connectivity index (χ0n) is 11.5. The zero-order chi connectivity index (χ0) is 13.6. The Morgan fingerprint density at radius 1 is 1.28 bits per heavy atom. The molecule has 1 fully saturated rings. The summed E-state index contributed by atoms with van der Waals surface area (Å²) in [4.78, 5) is 11.5. The Balaban J connectivity index is 2.26. The van der Waals surface area contributed by atoms with Crippen LogP contribution in [0.4, 0.5) is 0 Å². The highest BCUT2D eigenvalue weighted by Crippen LogP contribution is 2.41. The van der Waals surface area contributed by atoms with E-state index in [4.69, 9.17) is 13.8 Å². The molecule has 0 spiro atoms. The second-order valence-electron chi connectivity index (χ2n) is 5.17. The van der Waals surface area contributed by atoms with Crippen LogP contribution in [0.3, 0.4) is 0 Å². The number of phosphoric acid groups is 1. The molecule has 0 aromatic rings. The normalized spacial score (nSPS) is 23.8. The van der Waals surface area contributed by atoms with E-state index in [1.807, 2.05) is 6.92 Å². The molecule has 0 aromatic carbocycles. The number of ether oxygens (including phenoxy) is 1. The molecule has 1 aliphatic rings. The molecule has 1 atom stereocenters. The number of hydrogen-bond acceptors (Lipinski definition) is 5. The molecule has 1 rings (SSSR count). The zero-order valence-corrected chi connectivity index (χ0v) is 12.4. The van der Waals surface area contributed by atoms with E-state index in [2.05, 4.69) is 14.1 Å². The Labute approximate surface area is 109 Å². The van der Waals surface area contributed by atoms with Crippen LogP contribution in [0.5, 0.6) is 0 Å². The summed E-state index contributed by atoms with van der Waals surface area (Å²) in [6, 6.07) is 0. The molecule has 0 radical (unpaired) electrons. The van der Waals surface area contributed by atoms with Crippen LogP contribution < -0.4 is 4.89 Å². The first kappa shape index (κ1) is 16.1. The van der Waals surface area contributed by atoms with Crippen molar-refractivity contribution in [1.82, 2.24) is 0 Å². The van der Waals surface area contributed by atoms with Crippen molar-refractivity contribution in [3.63, 3.8) is 0 Å². The van der Waals surface area contributed by atoms with Gasteiger partial charge in [-0.2, -0.15) is 0 Å². The molecule has 0 saturated carbocycles. The molecule has 0 aliphatic carbocycles. The summed E-state index contributed by atoms with van der Waals surface area (Å²) in [7, 11) is 0.0812. The quantitative estimate of drug-likeness (QED) is 0.391. The summed E-state index contributed by atoms with van der Waals surface area (Å²) in [5.41, 5.74) is 0. The molecule has 1 saturated heterocycles. The highest BCUT2D eigenvalue weighted by atomic mass is 31.2. The summed E-state index contributed by atoms with van der Waals surface area (Å²) in [6.07, 6.45) is 1.24. The molecule has 0 bridgehead atoms. The second kappa shape index (κ2) is 6.98. The van der Waals surface area contributed by atoms with Crippen LogP contribution in [0.2, 0.25) is 0 Å². The van der Waals surface area contributed by atoms with Crippen molar-refractivity contribution < 1.29 is 27.7 Å². The molecule has 0 N–H and O–H groups in total. The van der Waals surface area contributed by atoms with Crippen molar-refractivity contribution in [2.24, 2.45) is 0 Å². The monoisotopic (exact) mass is 281 g/mol. The van der Waals surface area contributed by atoms with Gasteiger partial charge in [-0.15, -0.1) is 0 Å². The van der Waals surface area contributed by atoms with Gasteiger partial charge in [-0.05, 0) is 6.92 Å². The van der Waals surface area contributed by atoms with Crippen molar-refractivity contribution in [2.45, 2.75) is 25.9 Å². The summed E-state index contributed by atoms with van der Waals surface area (Å²) < 4.78 is 27.3. The Morgan fingerprint density at radius 3 is 2.44 bits per heavy atom. The molecule has 0 aromatic heterocycles. The van der Waals surface area contributed by atoms with Crippen molar-refractivity contribution in [1.29, 1.82) is 0 Å². The van der Waals surface area contributed by atoms with Crippen LogP contribution in [-0.2, 0) is 18.3 Å². The van der Waals surface area contributed by atoms with Gasteiger partial charge < -0.3 is 23.2 Å². The summed E-state index contributed by atoms with van der Waals surface area (Å²) in [5, 5.41) is 0. The first-order valence-electron chi connectivity index (χ1n) is 6.38. The smallest absolute Gasteiger partial charge is 0.268 e. The lowest BCUT2D eigenvalue weighted by Crippen LogP contribution is -2.48. The Hall–Kier alpha value is 0.0300. The molecule has 1 unspecified atom stereocenters. The first-order valence-corrected chi connectivity index (χ1v) is 7.84. The maximum absolute atomic E-state index is 11.5. The van der Waals surface area contributed by atoms with Gasteiger partial charge in [0.25, 0.3) is 7.82 Å². The highest BCUT2D eigenvalue weighted by molar-refractivity contribution is 7.45. The van der Waals surface area contributed by atoms with Crippen molar-refractivity contribution >= 4 is 7.82 Å². The third kappa shape index (κ3) is 6.27. The van der Waals surface area contributed by atoms with Crippen molar-refractivity contribution in [3.8, 4) is 0 Å². The predicted molar refractivity (Wildman–Crippen MR) is 66.0 cm³/mol. The average Bonchev–Trinajstić information content (AvgIpc) is 2.27. The number of nitrogens with zero attached hydrogens (tertiary/aromatic N) is 1. The number of rotatable bonds is 7. The van der Waals surface area contributed by atoms with Gasteiger partial charge in [0, 0.05) is 19.4 Å². The SMILES string of the molecule is CCOCCOP(=O)([O-])OC1CC[N+](C)(C)CC1. The maximum atomic E-state index is 11.5. The van der Waals surface area contributed by atoms with E-state index in [9.17, 15) is 9.46 Å². The molecular weight excluding hydrogens is 257 g/mol. The number of phosphoric ester groups is 1. The van der Waals surface area contributed by atoms with E-state index in [0.717, 1.165) is 30.4 Å². The minimum absolute atomic E-state index is 0.0168. The van der Waals surface area contributed by atoms with Gasteiger partial charge in [-0.1, -0.05) is 0 Å². The lowest BCUT2D eigenvalue weighted by atomic mass is 10.1. The Kier molecular flexibility index (Phi) is 6.24. The van der Waals surface area contributed by atoms with Gasteiger partial charge in [0.2, 0.25) is 0 Å². The van der Waals surface area contributed by atoms with Gasteiger partial charge in [0.15, 0.2) is 0 Å². The van der Waals surface area contributed by atoms with E-state index >= 15 is 0 Å². The largest absolute Gasteiger partial charge is 0.756 e. The van der Waals surface area contributed by atoms with Crippen LogP contribution >= 0.6 is 7.82 Å². The fourth-order valence-corrected chi connectivity index (χ4v) is 2.85. The van der Waals surface area contributed by atoms with Crippen LogP contribution in [0.1, 0.15) is 19.8 Å². The minimum atomic E-state index is -4.18. The van der Waals surface area contributed by atoms with Crippen molar-refractivity contribution in [2.75, 3.05) is 47.0 Å². The van der Waals surface area contributed by atoms with E-state index in [1.165, 1.54) is 0 Å². The summed E-state index contributed by atoms with van der Waals surface area (Å²) in [5.74, 6) is 0. The van der Waals surface area contributed by atoms with Gasteiger partial charge in [0.1, 0.15) is 0 Å². The maximum Gasteiger partial charge on any atom is 0.268 e. The number of piperidine rings is 1. The standard InChI is InChI=1S/C11H24NO5P/c1-4-15-9-10-16-18(13,14)17-11-5-7-12(2,3)8-6-11/h11H,4-10H2,1-3H3. The fourth-order valence-electron chi connectivity index (χ4n) is 1.91. The van der Waals surface area contributed by atoms with Crippen LogP contribution in [0, 0.1) is 0 Å². The molecule has 1 aliphatic heterocycles. The van der Waals surface area contributed by atoms with Gasteiger partial charge in [-0.25, -0.2) is 0 Å². The topological polar surface area (TPSA) is 67.8 Å². The number of likely N-dealkylation sites (tertiary alicyclic amines) is 1. The first-order chi connectivity index (χ1) is 8.35. The van der Waals surface area contributed by atoms with Crippen LogP contribution in [0.15, 0.2) is 0 Å². The van der Waals surface area contributed by atoms with Crippen molar-refractivity contribution in [3.05, 3.63) is 0 Å². The van der Waals surface area contributed by atoms with Gasteiger partial charge in [0.05, 0.1) is 46.5 Å². The fraction of sp³-hybridized carbons (Fsp3) is 1.00. The van der Waals surface area contributed by atoms with E-state index in [0.29, 0.717) is 6.61 Å². The minimum Gasteiger partial charge on any atom is -0.756 e. The lowest BCUT2D eigenvalue weighted by Gasteiger charge is -2.38. The molecular formula is C11H24NO5P. The molecule has 1 heterocycles. The molecule has 18 heavy (non-hydrogen) atoms. The van der Waals surface area contributed by atoms with Crippen LogP contribution in [-0.4, -0.2) is 57.6 Å². The average molecular weight is 281 g/mol. The summed E-state index contributed by atoms with van der Waals surface area (Å²) in [6.45, 7) is 4.51. The number of hydrogen-bond donors (Lipinski definition) is 0. The third-order valence-electron chi connectivity index (χ3n) is 3.07. The van der Waals surface area contributed by atoms with Gasteiger partial charge in [-0.3, -0.25) is 4.57 Å². The second-order valence-corrected chi connectivity index (χ2v) is 6.53. The molecule has 6 nitrogen and oxygen atoms in total. The third-order valence-corrected chi connectivity index (χ3v) is 4.13. The van der Waals surface area contributed by atoms with E-state index < -0.39 is 7.82 Å².